The lowest BCUT2D eigenvalue weighted by Gasteiger charge is -2.39. The van der Waals surface area contributed by atoms with Crippen LogP contribution in [-0.2, 0) is 18.1 Å². The summed E-state index contributed by atoms with van der Waals surface area (Å²) in [5, 5.41) is 0. The second-order valence-electron chi connectivity index (χ2n) is 7.71. The van der Waals surface area contributed by atoms with Gasteiger partial charge in [-0.05, 0) is 31.5 Å². The van der Waals surface area contributed by atoms with Crippen LogP contribution in [0.15, 0.2) is 35.6 Å². The lowest BCUT2D eigenvalue weighted by molar-refractivity contribution is -0.141. The topological polar surface area (TPSA) is 81.2 Å². The van der Waals surface area contributed by atoms with Gasteiger partial charge < -0.3 is 5.73 Å². The molecule has 0 aliphatic carbocycles. The molecule has 166 valence electrons. The summed E-state index contributed by atoms with van der Waals surface area (Å²) in [6.07, 6.45) is -6.44. The molecule has 0 radical (unpaired) electrons. The normalized spacial score (nSPS) is 26.5. The Morgan fingerprint density at radius 2 is 1.90 bits per heavy atom. The number of hydrogen-bond donors (Lipinski definition) is 1. The van der Waals surface area contributed by atoms with Crippen LogP contribution in [0.1, 0.15) is 47.6 Å². The Labute approximate surface area is 173 Å². The van der Waals surface area contributed by atoms with E-state index in [9.17, 15) is 31.1 Å². The number of benzene rings is 1. The molecule has 0 amide bonds. The quantitative estimate of drug-likeness (QED) is 0.569. The monoisotopic (exact) mass is 444 g/mol. The molecule has 3 rings (SSSR count). The van der Waals surface area contributed by atoms with Gasteiger partial charge in [-0.15, -0.1) is 0 Å². The lowest BCUT2D eigenvalue weighted by Crippen LogP contribution is -2.51. The van der Waals surface area contributed by atoms with Crippen molar-refractivity contribution in [3.05, 3.63) is 58.9 Å². The minimum absolute atomic E-state index is 0.220. The molecular formula is C20H18F6N4O. The van der Waals surface area contributed by atoms with Gasteiger partial charge >= 0.3 is 6.18 Å². The second-order valence-corrected chi connectivity index (χ2v) is 7.71. The van der Waals surface area contributed by atoms with Gasteiger partial charge in [-0.2, -0.15) is 13.2 Å². The fourth-order valence-corrected chi connectivity index (χ4v) is 3.27. The first-order valence-electron chi connectivity index (χ1n) is 9.14. The number of alkyl halides is 5. The lowest BCUT2D eigenvalue weighted by atomic mass is 9.78. The van der Waals surface area contributed by atoms with E-state index in [1.165, 1.54) is 19.1 Å². The summed E-state index contributed by atoms with van der Waals surface area (Å²) in [4.78, 5) is 22.9. The van der Waals surface area contributed by atoms with E-state index in [4.69, 9.17) is 5.73 Å². The molecule has 2 heterocycles. The van der Waals surface area contributed by atoms with Crippen molar-refractivity contribution in [3.8, 4) is 0 Å². The fourth-order valence-electron chi connectivity index (χ4n) is 3.27. The highest BCUT2D eigenvalue weighted by Gasteiger charge is 2.49. The number of nitrogens with zero attached hydrogens (tertiary/aromatic N) is 3. The number of carbonyl (C=O) groups excluding carboxylic acids is 1. The van der Waals surface area contributed by atoms with Gasteiger partial charge in [-0.3, -0.25) is 9.79 Å². The van der Waals surface area contributed by atoms with Crippen LogP contribution in [-0.4, -0.2) is 33.4 Å². The maximum atomic E-state index is 14.8. The Morgan fingerprint density at radius 3 is 2.48 bits per heavy atom. The van der Waals surface area contributed by atoms with E-state index in [-0.39, 0.29) is 23.2 Å². The first-order valence-corrected chi connectivity index (χ1v) is 9.14. The molecule has 1 aromatic heterocycles. The molecule has 3 atom stereocenters. The smallest absolute Gasteiger partial charge is 0.385 e. The molecule has 1 aliphatic rings. The maximum Gasteiger partial charge on any atom is 0.434 e. The van der Waals surface area contributed by atoms with E-state index in [1.807, 2.05) is 0 Å². The van der Waals surface area contributed by atoms with E-state index in [2.05, 4.69) is 15.0 Å². The van der Waals surface area contributed by atoms with Crippen molar-refractivity contribution in [1.29, 1.82) is 0 Å². The SMILES string of the molecule is C[C@@]1(F)C[C@H](F)[C@@](C)(c2cc(CC(=O)c3cnc(C(F)(F)F)cn3)ccc2F)N=C1N. The predicted molar refractivity (Wildman–Crippen MR) is 99.5 cm³/mol. The number of amidine groups is 1. The molecule has 0 saturated heterocycles. The zero-order valence-electron chi connectivity index (χ0n) is 16.5. The molecule has 11 heteroatoms. The molecular weight excluding hydrogens is 426 g/mol. The Morgan fingerprint density at radius 1 is 1.23 bits per heavy atom. The van der Waals surface area contributed by atoms with Gasteiger partial charge in [0.15, 0.2) is 17.1 Å². The van der Waals surface area contributed by atoms with Crippen molar-refractivity contribution < 1.29 is 31.1 Å². The summed E-state index contributed by atoms with van der Waals surface area (Å²) in [5.74, 6) is -1.97. The van der Waals surface area contributed by atoms with Gasteiger partial charge in [0.2, 0.25) is 0 Å². The number of ketones is 1. The fraction of sp³-hybridized carbons (Fsp3) is 0.400. The van der Waals surface area contributed by atoms with Gasteiger partial charge in [0.1, 0.15) is 29.1 Å². The van der Waals surface area contributed by atoms with Crippen LogP contribution >= 0.6 is 0 Å². The molecule has 0 fully saturated rings. The van der Waals surface area contributed by atoms with E-state index in [1.54, 1.807) is 0 Å². The molecule has 31 heavy (non-hydrogen) atoms. The van der Waals surface area contributed by atoms with E-state index >= 15 is 0 Å². The summed E-state index contributed by atoms with van der Waals surface area (Å²) in [5.41, 5.74) is 0.0723. The van der Waals surface area contributed by atoms with Crippen LogP contribution in [0.3, 0.4) is 0 Å². The van der Waals surface area contributed by atoms with Crippen molar-refractivity contribution in [3.63, 3.8) is 0 Å². The molecule has 5 nitrogen and oxygen atoms in total. The van der Waals surface area contributed by atoms with Gasteiger partial charge in [0, 0.05) is 18.4 Å². The number of nitrogens with two attached hydrogens (primary N) is 1. The first-order chi connectivity index (χ1) is 14.2. The van der Waals surface area contributed by atoms with E-state index in [0.717, 1.165) is 13.0 Å². The minimum atomic E-state index is -4.70. The average Bonchev–Trinajstić information content (AvgIpc) is 2.67. The molecule has 0 unspecified atom stereocenters. The third kappa shape index (κ3) is 4.40. The van der Waals surface area contributed by atoms with Crippen LogP contribution < -0.4 is 5.73 Å². The summed E-state index contributed by atoms with van der Waals surface area (Å²) >= 11 is 0. The van der Waals surface area contributed by atoms with Crippen LogP contribution in [0.2, 0.25) is 0 Å². The van der Waals surface area contributed by atoms with Gasteiger partial charge in [0.25, 0.3) is 0 Å². The number of Topliss-reactive ketones (excluding diaryl/α,β-unsaturated/α-hetero) is 1. The molecule has 0 bridgehead atoms. The highest BCUT2D eigenvalue weighted by molar-refractivity contribution is 5.95. The van der Waals surface area contributed by atoms with Gasteiger partial charge in [-0.1, -0.05) is 6.07 Å². The number of hydrogen-bond acceptors (Lipinski definition) is 5. The van der Waals surface area contributed by atoms with Crippen LogP contribution in [0, 0.1) is 5.82 Å². The van der Waals surface area contributed by atoms with Crippen LogP contribution in [0.5, 0.6) is 0 Å². The number of rotatable bonds is 4. The summed E-state index contributed by atoms with van der Waals surface area (Å²) in [6, 6.07) is 3.47. The average molecular weight is 444 g/mol. The third-order valence-electron chi connectivity index (χ3n) is 5.23. The zero-order valence-corrected chi connectivity index (χ0v) is 16.5. The molecule has 0 spiro atoms. The van der Waals surface area contributed by atoms with Gasteiger partial charge in [-0.25, -0.2) is 23.1 Å². The van der Waals surface area contributed by atoms with Gasteiger partial charge in [0.05, 0.1) is 12.4 Å². The summed E-state index contributed by atoms with van der Waals surface area (Å²) in [7, 11) is 0. The van der Waals surface area contributed by atoms with Crippen molar-refractivity contribution in [2.75, 3.05) is 0 Å². The highest BCUT2D eigenvalue weighted by Crippen LogP contribution is 2.42. The van der Waals surface area contributed by atoms with E-state index < -0.39 is 53.1 Å². The number of aliphatic imine (C=N–C) groups is 1. The Bertz CT molecular complexity index is 1030. The largest absolute Gasteiger partial charge is 0.434 e. The summed E-state index contributed by atoms with van der Waals surface area (Å²) < 4.78 is 81.4. The summed E-state index contributed by atoms with van der Waals surface area (Å²) in [6.45, 7) is 2.35. The molecule has 1 aromatic carbocycles. The third-order valence-corrected chi connectivity index (χ3v) is 5.23. The maximum absolute atomic E-state index is 14.8. The molecule has 2 aromatic rings. The van der Waals surface area contributed by atoms with Crippen molar-refractivity contribution in [2.45, 2.75) is 50.2 Å². The standard InChI is InChI=1S/C20H18F6N4O/c1-18(23)7-15(22)19(2,30-17(18)27)11-5-10(3-4-12(11)21)6-14(31)13-8-29-16(9-28-13)20(24,25)26/h3-5,8-9,15H,6-7H2,1-2H3,(H2,27,30)/t15-,18+,19+/m0/s1. The van der Waals surface area contributed by atoms with E-state index in [0.29, 0.717) is 12.4 Å². The molecule has 2 N–H and O–H groups in total. The Hall–Kier alpha value is -2.98. The Balaban J connectivity index is 1.90. The predicted octanol–water partition coefficient (Wildman–Crippen LogP) is 4.10. The van der Waals surface area contributed by atoms with Crippen LogP contribution in [0.4, 0.5) is 26.3 Å². The first kappa shape index (κ1) is 22.7. The zero-order chi connectivity index (χ0) is 23.2. The van der Waals surface area contributed by atoms with Crippen molar-refractivity contribution in [2.24, 2.45) is 10.7 Å². The second kappa shape index (κ2) is 7.61. The molecule has 1 aliphatic heterocycles. The highest BCUT2D eigenvalue weighted by atomic mass is 19.4. The van der Waals surface area contributed by atoms with Crippen molar-refractivity contribution >= 4 is 11.6 Å². The van der Waals surface area contributed by atoms with Crippen molar-refractivity contribution in [1.82, 2.24) is 9.97 Å². The minimum Gasteiger partial charge on any atom is -0.385 e. The molecule has 0 saturated carbocycles. The number of carbonyl (C=O) groups is 1. The van der Waals surface area contributed by atoms with Crippen LogP contribution in [0.25, 0.3) is 0 Å². The Kier molecular flexibility index (Phi) is 5.57. The number of aromatic nitrogens is 2. The number of halogens is 6.